The van der Waals surface area contributed by atoms with Gasteiger partial charge in [-0.1, -0.05) is 25.8 Å². The highest BCUT2D eigenvalue weighted by molar-refractivity contribution is 5.76. The Kier molecular flexibility index (Phi) is 6.41. The Morgan fingerprint density at radius 3 is 2.50 bits per heavy atom. The van der Waals surface area contributed by atoms with Crippen LogP contribution in [0.1, 0.15) is 57.9 Å². The molecule has 1 aromatic carbocycles. The molecular weight excluding hydrogens is 354 g/mol. The minimum Gasteiger partial charge on any atom is -0.423 e. The van der Waals surface area contributed by atoms with Gasteiger partial charge in [0.15, 0.2) is 17.5 Å². The molecule has 5 heteroatoms. The molecule has 2 heterocycles. The molecule has 2 aliphatic heterocycles. The molecule has 2 aliphatic rings. The molecular formula is C23H30NO4+. The molecule has 3 atom stereocenters. The number of aryl methyl sites for hydroxylation is 1. The molecule has 0 N–H and O–H groups in total. The predicted octanol–water partition coefficient (Wildman–Crippen LogP) is 3.63. The van der Waals surface area contributed by atoms with Crippen LogP contribution in [0.3, 0.4) is 0 Å². The largest absolute Gasteiger partial charge is 0.423 e. The Bertz CT molecular complexity index is 807. The monoisotopic (exact) mass is 384 g/mol. The predicted molar refractivity (Wildman–Crippen MR) is 107 cm³/mol. The maximum atomic E-state index is 11.8. The normalized spacial score (nSPS) is 25.0. The molecule has 0 radical (unpaired) electrons. The Balaban J connectivity index is 1.66. The first-order chi connectivity index (χ1) is 13.5. The van der Waals surface area contributed by atoms with Crippen LogP contribution < -0.4 is 9.47 Å². The van der Waals surface area contributed by atoms with Crippen molar-refractivity contribution in [3.05, 3.63) is 23.8 Å². The number of hydrogen-bond acceptors (Lipinski definition) is 4. The van der Waals surface area contributed by atoms with Crippen LogP contribution in [0.25, 0.3) is 0 Å². The van der Waals surface area contributed by atoms with Crippen molar-refractivity contribution in [1.29, 1.82) is 0 Å². The van der Waals surface area contributed by atoms with Gasteiger partial charge in [0.2, 0.25) is 0 Å². The highest BCUT2D eigenvalue weighted by Crippen LogP contribution is 2.36. The van der Waals surface area contributed by atoms with Gasteiger partial charge in [0.05, 0.1) is 20.0 Å². The highest BCUT2D eigenvalue weighted by atomic mass is 16.6. The molecule has 150 valence electrons. The standard InChI is InChI=1S/C23H30NO4/c1-4-22(25)27-20-14-11-17(16-21(20)28-23(26)5-2)8-7-15-24(3)18-9-6-10-19(24)13-12-18/h11,14,16,18-19H,4-5,7-9,12-13,15H2,1-3H3/q+1/t18-,19+,24?/m1/s1. The van der Waals surface area contributed by atoms with Gasteiger partial charge in [-0.25, -0.2) is 0 Å². The van der Waals surface area contributed by atoms with Crippen molar-refractivity contribution >= 4 is 11.9 Å². The first-order valence-electron chi connectivity index (χ1n) is 10.3. The molecule has 1 saturated heterocycles. The summed E-state index contributed by atoms with van der Waals surface area (Å²) in [6, 6.07) is 6.66. The van der Waals surface area contributed by atoms with Gasteiger partial charge in [0.25, 0.3) is 0 Å². The van der Waals surface area contributed by atoms with Gasteiger partial charge in [-0.05, 0) is 30.0 Å². The van der Waals surface area contributed by atoms with E-state index in [1.54, 1.807) is 19.9 Å². The fourth-order valence-corrected chi connectivity index (χ4v) is 4.24. The quantitative estimate of drug-likeness (QED) is 0.297. The van der Waals surface area contributed by atoms with Crippen molar-refractivity contribution < 1.29 is 23.5 Å². The van der Waals surface area contributed by atoms with Crippen molar-refractivity contribution in [2.75, 3.05) is 13.6 Å². The summed E-state index contributed by atoms with van der Waals surface area (Å²) < 4.78 is 11.8. The van der Waals surface area contributed by atoms with Crippen LogP contribution >= 0.6 is 0 Å². The molecule has 1 fully saturated rings. The lowest BCUT2D eigenvalue weighted by molar-refractivity contribution is -0.936. The molecule has 0 aromatic heterocycles. The summed E-state index contributed by atoms with van der Waals surface area (Å²) in [5, 5.41) is 0. The summed E-state index contributed by atoms with van der Waals surface area (Å²) in [6.07, 6.45) is 5.95. The van der Waals surface area contributed by atoms with Gasteiger partial charge in [-0.2, -0.15) is 0 Å². The van der Waals surface area contributed by atoms with E-state index in [-0.39, 0.29) is 24.8 Å². The number of benzene rings is 1. The Morgan fingerprint density at radius 2 is 1.82 bits per heavy atom. The van der Waals surface area contributed by atoms with Crippen LogP contribution in [-0.2, 0) is 16.0 Å². The smallest absolute Gasteiger partial charge is 0.311 e. The van der Waals surface area contributed by atoms with Gasteiger partial charge in [-0.15, -0.1) is 0 Å². The minimum atomic E-state index is -0.347. The van der Waals surface area contributed by atoms with E-state index in [9.17, 15) is 9.59 Å². The molecule has 0 saturated carbocycles. The summed E-state index contributed by atoms with van der Waals surface area (Å²) >= 11 is 0. The number of hydrogen-bond donors (Lipinski definition) is 0. The summed E-state index contributed by atoms with van der Waals surface area (Å²) in [6.45, 7) is 4.57. The van der Waals surface area contributed by atoms with E-state index in [1.807, 2.05) is 12.1 Å². The fraction of sp³-hybridized carbons (Fsp3) is 0.565. The van der Waals surface area contributed by atoms with E-state index in [2.05, 4.69) is 18.9 Å². The average Bonchev–Trinajstić information content (AvgIpc) is 2.87. The van der Waals surface area contributed by atoms with Gasteiger partial charge in [0, 0.05) is 32.1 Å². The first-order valence-corrected chi connectivity index (χ1v) is 10.3. The third-order valence-corrected chi connectivity index (χ3v) is 6.06. The number of nitrogens with zero attached hydrogens (tertiary/aromatic N) is 1. The minimum absolute atomic E-state index is 0.268. The van der Waals surface area contributed by atoms with Crippen molar-refractivity contribution in [2.45, 2.75) is 70.9 Å². The average molecular weight is 384 g/mol. The molecule has 1 aromatic rings. The maximum Gasteiger partial charge on any atom is 0.311 e. The lowest BCUT2D eigenvalue weighted by Crippen LogP contribution is -2.54. The third-order valence-electron chi connectivity index (χ3n) is 6.06. The SMILES string of the molecule is CCC(=O)Oc1ccc(CCC[N+]2(C)[C@@H]3CC#C[C@H]2CC3)cc1OC(=O)CC. The summed E-state index contributed by atoms with van der Waals surface area (Å²) in [5.74, 6) is 6.69. The number of carbonyl (C=O) groups excluding carboxylic acids is 2. The number of quaternary nitrogens is 1. The summed E-state index contributed by atoms with van der Waals surface area (Å²) in [4.78, 5) is 23.4. The summed E-state index contributed by atoms with van der Waals surface area (Å²) in [7, 11) is 2.35. The number of ether oxygens (including phenoxy) is 2. The van der Waals surface area contributed by atoms with Crippen molar-refractivity contribution in [3.63, 3.8) is 0 Å². The second kappa shape index (κ2) is 8.79. The third kappa shape index (κ3) is 4.39. The van der Waals surface area contributed by atoms with Crippen molar-refractivity contribution in [3.8, 4) is 23.3 Å². The lowest BCUT2D eigenvalue weighted by atomic mass is 10.0. The molecule has 0 spiro atoms. The molecule has 0 amide bonds. The second-order valence-corrected chi connectivity index (χ2v) is 7.88. The van der Waals surface area contributed by atoms with Crippen LogP contribution in [0, 0.1) is 11.8 Å². The van der Waals surface area contributed by atoms with Crippen molar-refractivity contribution in [1.82, 2.24) is 0 Å². The number of esters is 2. The van der Waals surface area contributed by atoms with E-state index < -0.39 is 0 Å². The lowest BCUT2D eigenvalue weighted by Gasteiger charge is -2.40. The zero-order chi connectivity index (χ0) is 20.1. The zero-order valence-corrected chi connectivity index (χ0v) is 17.1. The van der Waals surface area contributed by atoms with Crippen molar-refractivity contribution in [2.24, 2.45) is 0 Å². The fourth-order valence-electron chi connectivity index (χ4n) is 4.24. The van der Waals surface area contributed by atoms with E-state index in [1.165, 1.54) is 12.8 Å². The van der Waals surface area contributed by atoms with Gasteiger partial charge >= 0.3 is 11.9 Å². The van der Waals surface area contributed by atoms with E-state index >= 15 is 0 Å². The van der Waals surface area contributed by atoms with E-state index in [0.29, 0.717) is 23.6 Å². The molecule has 3 rings (SSSR count). The Hall–Kier alpha value is -2.32. The van der Waals surface area contributed by atoms with Crippen LogP contribution in [0.5, 0.6) is 11.5 Å². The molecule has 0 aliphatic carbocycles. The van der Waals surface area contributed by atoms with E-state index in [4.69, 9.17) is 9.47 Å². The van der Waals surface area contributed by atoms with Gasteiger partial charge in [0.1, 0.15) is 6.04 Å². The van der Waals surface area contributed by atoms with E-state index in [0.717, 1.165) is 35.9 Å². The zero-order valence-electron chi connectivity index (χ0n) is 17.1. The Labute approximate surface area is 167 Å². The number of fused-ring (bicyclic) bond motifs is 2. The molecule has 28 heavy (non-hydrogen) atoms. The number of carbonyl (C=O) groups is 2. The highest BCUT2D eigenvalue weighted by Gasteiger charge is 2.46. The second-order valence-electron chi connectivity index (χ2n) is 7.88. The first kappa shape index (κ1) is 20.4. The Morgan fingerprint density at radius 1 is 1.11 bits per heavy atom. The van der Waals surface area contributed by atoms with Crippen LogP contribution in [0.15, 0.2) is 18.2 Å². The van der Waals surface area contributed by atoms with Crippen LogP contribution in [0.4, 0.5) is 0 Å². The topological polar surface area (TPSA) is 52.6 Å². The van der Waals surface area contributed by atoms with Gasteiger partial charge < -0.3 is 14.0 Å². The maximum absolute atomic E-state index is 11.8. The van der Waals surface area contributed by atoms with Crippen LogP contribution in [-0.4, -0.2) is 42.1 Å². The number of rotatable bonds is 8. The van der Waals surface area contributed by atoms with Crippen LogP contribution in [0.2, 0.25) is 0 Å². The summed E-state index contributed by atoms with van der Waals surface area (Å²) in [5.41, 5.74) is 1.08. The molecule has 5 nitrogen and oxygen atoms in total. The molecule has 1 unspecified atom stereocenters. The van der Waals surface area contributed by atoms with Gasteiger partial charge in [-0.3, -0.25) is 9.59 Å². The molecule has 2 bridgehead atoms.